The van der Waals surface area contributed by atoms with Gasteiger partial charge in [0.15, 0.2) is 0 Å². The average molecular weight is 564 g/mol. The zero-order chi connectivity index (χ0) is 28.4. The number of hydrogen-bond acceptors (Lipinski definition) is 7. The lowest BCUT2D eigenvalue weighted by Crippen LogP contribution is -2.57. The molecule has 5 rings (SSSR count). The summed E-state index contributed by atoms with van der Waals surface area (Å²) in [5, 5.41) is 0. The van der Waals surface area contributed by atoms with Gasteiger partial charge in [0.1, 0.15) is 6.61 Å². The van der Waals surface area contributed by atoms with Gasteiger partial charge in [0.05, 0.1) is 16.6 Å². The van der Waals surface area contributed by atoms with Gasteiger partial charge in [-0.1, -0.05) is 51.0 Å². The van der Waals surface area contributed by atoms with Gasteiger partial charge in [-0.3, -0.25) is 9.69 Å². The number of benzene rings is 2. The van der Waals surface area contributed by atoms with Gasteiger partial charge in [-0.2, -0.15) is 4.98 Å². The molecular weight excluding hydrogens is 526 g/mol. The molecule has 1 atom stereocenters. The molecule has 3 heterocycles. The molecule has 0 unspecified atom stereocenters. The quantitative estimate of drug-likeness (QED) is 0.487. The van der Waals surface area contributed by atoms with Gasteiger partial charge in [0.25, 0.3) is 15.9 Å². The molecule has 0 saturated carbocycles. The number of fused-ring (bicyclic) bond motifs is 5. The highest BCUT2D eigenvalue weighted by molar-refractivity contribution is 7.92. The third-order valence-corrected chi connectivity index (χ3v) is 9.31. The SMILES string of the molecule is CCC(CC)CN1CCN2C(=O)c3cccc(c3)S(=O)(=O)Nc3nc(cc(-c4c(C)cccc4C)n3)OC[C@H]2C1. The lowest BCUT2D eigenvalue weighted by molar-refractivity contribution is 0.0289. The van der Waals surface area contributed by atoms with Gasteiger partial charge in [0.2, 0.25) is 11.8 Å². The van der Waals surface area contributed by atoms with Crippen molar-refractivity contribution in [3.63, 3.8) is 0 Å². The van der Waals surface area contributed by atoms with E-state index in [0.717, 1.165) is 42.6 Å². The van der Waals surface area contributed by atoms with Gasteiger partial charge >= 0.3 is 0 Å². The maximum Gasteiger partial charge on any atom is 0.264 e. The molecule has 1 saturated heterocycles. The molecule has 1 amide bonds. The molecule has 2 aliphatic heterocycles. The van der Waals surface area contributed by atoms with Crippen LogP contribution in [0.5, 0.6) is 5.88 Å². The van der Waals surface area contributed by atoms with Crippen molar-refractivity contribution in [1.29, 1.82) is 0 Å². The first-order valence-corrected chi connectivity index (χ1v) is 15.4. The number of carbonyl (C=O) groups excluding carboxylic acids is 1. The lowest BCUT2D eigenvalue weighted by atomic mass is 10.00. The molecular formula is C30H37N5O4S. The summed E-state index contributed by atoms with van der Waals surface area (Å²) < 4.78 is 35.5. The molecule has 4 bridgehead atoms. The number of carbonyl (C=O) groups is 1. The van der Waals surface area contributed by atoms with Crippen molar-refractivity contribution in [2.75, 3.05) is 37.5 Å². The predicted octanol–water partition coefficient (Wildman–Crippen LogP) is 4.52. The molecule has 0 spiro atoms. The second-order valence-electron chi connectivity index (χ2n) is 10.7. The van der Waals surface area contributed by atoms with E-state index in [-0.39, 0.29) is 35.3 Å². The Balaban J connectivity index is 1.58. The molecule has 3 aromatic rings. The molecule has 2 aromatic carbocycles. The first-order chi connectivity index (χ1) is 19.2. The molecule has 9 nitrogen and oxygen atoms in total. The Labute approximate surface area is 236 Å². The summed E-state index contributed by atoms with van der Waals surface area (Å²) in [6.07, 6.45) is 2.21. The van der Waals surface area contributed by atoms with E-state index in [2.05, 4.69) is 33.4 Å². The Morgan fingerprint density at radius 2 is 1.75 bits per heavy atom. The van der Waals surface area contributed by atoms with E-state index in [1.165, 1.54) is 12.1 Å². The highest BCUT2D eigenvalue weighted by atomic mass is 32.2. The van der Waals surface area contributed by atoms with E-state index in [1.54, 1.807) is 18.2 Å². The first kappa shape index (κ1) is 28.0. The van der Waals surface area contributed by atoms with Gasteiger partial charge in [-0.25, -0.2) is 18.1 Å². The number of rotatable bonds is 5. The molecule has 40 heavy (non-hydrogen) atoms. The van der Waals surface area contributed by atoms with Crippen molar-refractivity contribution in [3.8, 4) is 17.1 Å². The molecule has 1 fully saturated rings. The first-order valence-electron chi connectivity index (χ1n) is 13.9. The maximum absolute atomic E-state index is 13.7. The van der Waals surface area contributed by atoms with Crippen LogP contribution < -0.4 is 9.46 Å². The van der Waals surface area contributed by atoms with E-state index in [0.29, 0.717) is 30.3 Å². The fraction of sp³-hybridized carbons (Fsp3) is 0.433. The molecule has 1 aromatic heterocycles. The highest BCUT2D eigenvalue weighted by Crippen LogP contribution is 2.30. The van der Waals surface area contributed by atoms with Crippen LogP contribution in [-0.4, -0.2) is 72.9 Å². The molecule has 1 N–H and O–H groups in total. The number of ether oxygens (including phenoxy) is 1. The van der Waals surface area contributed by atoms with Crippen LogP contribution in [0.2, 0.25) is 0 Å². The molecule has 10 heteroatoms. The summed E-state index contributed by atoms with van der Waals surface area (Å²) in [7, 11) is -4.07. The second-order valence-corrected chi connectivity index (χ2v) is 12.4. The van der Waals surface area contributed by atoms with Crippen LogP contribution in [0, 0.1) is 19.8 Å². The predicted molar refractivity (Wildman–Crippen MR) is 155 cm³/mol. The van der Waals surface area contributed by atoms with Crippen molar-refractivity contribution in [2.24, 2.45) is 5.92 Å². The minimum absolute atomic E-state index is 0.0231. The smallest absolute Gasteiger partial charge is 0.264 e. The fourth-order valence-electron chi connectivity index (χ4n) is 5.62. The monoisotopic (exact) mass is 563 g/mol. The number of sulfonamides is 1. The highest BCUT2D eigenvalue weighted by Gasteiger charge is 2.33. The summed E-state index contributed by atoms with van der Waals surface area (Å²) >= 11 is 0. The third-order valence-electron chi connectivity index (χ3n) is 7.98. The summed E-state index contributed by atoms with van der Waals surface area (Å²) in [4.78, 5) is 26.9. The largest absolute Gasteiger partial charge is 0.475 e. The van der Waals surface area contributed by atoms with E-state index in [9.17, 15) is 13.2 Å². The van der Waals surface area contributed by atoms with Crippen molar-refractivity contribution in [2.45, 2.75) is 51.5 Å². The van der Waals surface area contributed by atoms with E-state index >= 15 is 0 Å². The Bertz CT molecular complexity index is 1490. The van der Waals surface area contributed by atoms with Crippen molar-refractivity contribution >= 4 is 21.9 Å². The minimum atomic E-state index is -4.07. The van der Waals surface area contributed by atoms with E-state index in [4.69, 9.17) is 4.74 Å². The Kier molecular flexibility index (Phi) is 8.09. The Morgan fingerprint density at radius 3 is 2.48 bits per heavy atom. The Morgan fingerprint density at radius 1 is 1.02 bits per heavy atom. The Hall–Kier alpha value is -3.50. The summed E-state index contributed by atoms with van der Waals surface area (Å²) in [6, 6.07) is 13.6. The van der Waals surface area contributed by atoms with Crippen molar-refractivity contribution in [3.05, 3.63) is 65.2 Å². The van der Waals surface area contributed by atoms with Gasteiger partial charge in [0, 0.05) is 43.4 Å². The number of aromatic nitrogens is 2. The van der Waals surface area contributed by atoms with Crippen LogP contribution in [0.25, 0.3) is 11.3 Å². The van der Waals surface area contributed by atoms with Gasteiger partial charge in [-0.15, -0.1) is 0 Å². The maximum atomic E-state index is 13.7. The minimum Gasteiger partial charge on any atom is -0.475 e. The van der Waals surface area contributed by atoms with Crippen LogP contribution in [-0.2, 0) is 10.0 Å². The lowest BCUT2D eigenvalue weighted by Gasteiger charge is -2.42. The van der Waals surface area contributed by atoms with Crippen molar-refractivity contribution < 1.29 is 17.9 Å². The van der Waals surface area contributed by atoms with Crippen LogP contribution >= 0.6 is 0 Å². The number of amides is 1. The summed E-state index contributed by atoms with van der Waals surface area (Å²) in [5.41, 5.74) is 3.79. The van der Waals surface area contributed by atoms with E-state index < -0.39 is 10.0 Å². The van der Waals surface area contributed by atoms with Crippen LogP contribution in [0.4, 0.5) is 5.95 Å². The van der Waals surface area contributed by atoms with Crippen LogP contribution in [0.1, 0.15) is 48.2 Å². The summed E-state index contributed by atoms with van der Waals surface area (Å²) in [5.74, 6) is 0.555. The zero-order valence-corrected chi connectivity index (χ0v) is 24.4. The zero-order valence-electron chi connectivity index (χ0n) is 23.6. The number of anilines is 1. The van der Waals surface area contributed by atoms with Gasteiger partial charge in [-0.05, 0) is 49.1 Å². The van der Waals surface area contributed by atoms with E-state index in [1.807, 2.05) is 36.9 Å². The molecule has 0 radical (unpaired) electrons. The number of hydrogen-bond donors (Lipinski definition) is 1. The normalized spacial score (nSPS) is 19.1. The number of aryl methyl sites for hydroxylation is 2. The summed E-state index contributed by atoms with van der Waals surface area (Å²) in [6.45, 7) is 11.6. The average Bonchev–Trinajstić information content (AvgIpc) is 2.94. The number of piperazine rings is 1. The molecule has 212 valence electrons. The van der Waals surface area contributed by atoms with Gasteiger partial charge < -0.3 is 9.64 Å². The molecule has 2 aliphatic rings. The molecule has 0 aliphatic carbocycles. The fourth-order valence-corrected chi connectivity index (χ4v) is 6.61. The van der Waals surface area contributed by atoms with Crippen LogP contribution in [0.15, 0.2) is 53.4 Å². The standard InChI is InChI=1S/C30H37N5O4S/c1-5-22(6-2)17-34-13-14-35-24(18-34)19-39-27-16-26(28-20(3)9-7-10-21(28)4)31-30(32-27)33-40(37,38)25-12-8-11-23(15-25)29(35)36/h7-12,15-16,22,24H,5-6,13-14,17-19H2,1-4H3,(H,31,32,33)/t24-/m1/s1. The number of nitrogens with zero attached hydrogens (tertiary/aromatic N) is 4. The third kappa shape index (κ3) is 5.83. The van der Waals surface area contributed by atoms with Crippen LogP contribution in [0.3, 0.4) is 0 Å². The second kappa shape index (κ2) is 11.5. The topological polar surface area (TPSA) is 105 Å². The number of nitrogens with one attached hydrogen (secondary N) is 1. The van der Waals surface area contributed by atoms with Crippen molar-refractivity contribution in [1.82, 2.24) is 19.8 Å².